The molecule has 0 heterocycles. The molecule has 42 heavy (non-hydrogen) atoms. The van der Waals surface area contributed by atoms with Crippen LogP contribution in [0.15, 0.2) is 60.7 Å². The zero-order valence-corrected chi connectivity index (χ0v) is 26.4. The summed E-state index contributed by atoms with van der Waals surface area (Å²) in [6.45, 7) is 4.54. The molecule has 0 aromatic heterocycles. The van der Waals surface area contributed by atoms with Crippen LogP contribution in [0.1, 0.15) is 128 Å². The van der Waals surface area contributed by atoms with Crippen molar-refractivity contribution in [3.05, 3.63) is 71.8 Å². The van der Waals surface area contributed by atoms with E-state index >= 15 is 0 Å². The first-order chi connectivity index (χ1) is 20.6. The minimum absolute atomic E-state index is 0.215. The molecule has 4 aromatic rings. The number of unbranched alkanes of at least 4 members (excludes halogenated alkanes) is 14. The van der Waals surface area contributed by atoms with Crippen LogP contribution < -0.4 is 0 Å². The van der Waals surface area contributed by atoms with Crippen molar-refractivity contribution in [1.82, 2.24) is 0 Å². The van der Waals surface area contributed by atoms with Crippen LogP contribution in [-0.2, 0) is 12.8 Å². The van der Waals surface area contributed by atoms with Crippen LogP contribution in [0.4, 0.5) is 0 Å². The molecule has 226 valence electrons. The van der Waals surface area contributed by atoms with Crippen LogP contribution in [0.5, 0.6) is 11.5 Å². The van der Waals surface area contributed by atoms with E-state index in [2.05, 4.69) is 50.2 Å². The van der Waals surface area contributed by atoms with Crippen molar-refractivity contribution in [1.29, 1.82) is 0 Å². The van der Waals surface area contributed by atoms with Crippen molar-refractivity contribution in [2.75, 3.05) is 0 Å². The summed E-state index contributed by atoms with van der Waals surface area (Å²) in [5, 5.41) is 26.3. The van der Waals surface area contributed by atoms with Crippen molar-refractivity contribution in [2.45, 2.75) is 129 Å². The molecule has 0 fully saturated rings. The Morgan fingerprint density at radius 2 is 0.738 bits per heavy atom. The fourth-order valence-electron chi connectivity index (χ4n) is 6.34. The molecule has 0 unspecified atom stereocenters. The Hall–Kier alpha value is -3.00. The Morgan fingerprint density at radius 1 is 0.381 bits per heavy atom. The largest absolute Gasteiger partial charge is 0.507 e. The van der Waals surface area contributed by atoms with E-state index in [0.29, 0.717) is 11.1 Å². The van der Waals surface area contributed by atoms with E-state index < -0.39 is 0 Å². The number of aryl methyl sites for hydroxylation is 2. The van der Waals surface area contributed by atoms with E-state index in [9.17, 15) is 10.2 Å². The Labute approximate surface area is 255 Å². The molecule has 2 heteroatoms. The highest BCUT2D eigenvalue weighted by Crippen LogP contribution is 2.40. The molecular formula is C40H54O2. The summed E-state index contributed by atoms with van der Waals surface area (Å²) in [5.74, 6) is 0.431. The quantitative estimate of drug-likeness (QED) is 0.111. The maximum absolute atomic E-state index is 11.0. The number of hydrogen-bond donors (Lipinski definition) is 2. The zero-order valence-electron chi connectivity index (χ0n) is 26.4. The second-order valence-electron chi connectivity index (χ2n) is 12.6. The molecule has 0 atom stereocenters. The van der Waals surface area contributed by atoms with Gasteiger partial charge in [-0.2, -0.15) is 0 Å². The normalized spacial score (nSPS) is 11.6. The lowest BCUT2D eigenvalue weighted by atomic mass is 9.94. The predicted molar refractivity (Wildman–Crippen MR) is 183 cm³/mol. The number of phenols is 2. The van der Waals surface area contributed by atoms with Gasteiger partial charge in [-0.1, -0.05) is 140 Å². The van der Waals surface area contributed by atoms with E-state index in [-0.39, 0.29) is 11.5 Å². The van der Waals surface area contributed by atoms with E-state index in [0.717, 1.165) is 34.4 Å². The SMILES string of the molecule is CCCCCCCCCCc1ccc2cc(-c3cc4ccc(CCCCCCCCCC)cc4cc3O)c(O)cc2c1. The number of phenolic OH excluding ortho intramolecular Hbond substituents is 2. The second kappa shape index (κ2) is 17.2. The summed E-state index contributed by atoms with van der Waals surface area (Å²) in [6.07, 6.45) is 23.4. The van der Waals surface area contributed by atoms with E-state index in [4.69, 9.17) is 0 Å². The minimum atomic E-state index is 0.215. The lowest BCUT2D eigenvalue weighted by Gasteiger charge is -2.12. The van der Waals surface area contributed by atoms with Gasteiger partial charge in [-0.15, -0.1) is 0 Å². The highest BCUT2D eigenvalue weighted by atomic mass is 16.3. The van der Waals surface area contributed by atoms with Gasteiger partial charge in [0.1, 0.15) is 11.5 Å². The van der Waals surface area contributed by atoms with E-state index in [1.54, 1.807) is 0 Å². The van der Waals surface area contributed by atoms with E-state index in [1.165, 1.54) is 114 Å². The molecule has 0 amide bonds. The molecule has 0 aliphatic carbocycles. The summed E-state index contributed by atoms with van der Waals surface area (Å²) >= 11 is 0. The van der Waals surface area contributed by atoms with Gasteiger partial charge < -0.3 is 10.2 Å². The third kappa shape index (κ3) is 9.51. The molecule has 4 rings (SSSR count). The lowest BCUT2D eigenvalue weighted by Crippen LogP contribution is -1.89. The van der Waals surface area contributed by atoms with Crippen LogP contribution in [0.2, 0.25) is 0 Å². The lowest BCUT2D eigenvalue weighted by molar-refractivity contribution is 0.470. The summed E-state index contributed by atoms with van der Waals surface area (Å²) in [5.41, 5.74) is 4.02. The molecule has 2 nitrogen and oxygen atoms in total. The van der Waals surface area contributed by atoms with Gasteiger partial charge in [0.05, 0.1) is 0 Å². The third-order valence-electron chi connectivity index (χ3n) is 8.97. The van der Waals surface area contributed by atoms with E-state index in [1.807, 2.05) is 24.3 Å². The maximum Gasteiger partial charge on any atom is 0.124 e. The first-order valence-electron chi connectivity index (χ1n) is 17.1. The zero-order chi connectivity index (χ0) is 29.6. The topological polar surface area (TPSA) is 40.5 Å². The van der Waals surface area contributed by atoms with Crippen LogP contribution in [0, 0.1) is 0 Å². The number of rotatable bonds is 19. The summed E-state index contributed by atoms with van der Waals surface area (Å²) in [7, 11) is 0. The number of fused-ring (bicyclic) bond motifs is 2. The minimum Gasteiger partial charge on any atom is -0.507 e. The van der Waals surface area contributed by atoms with Crippen LogP contribution in [0.25, 0.3) is 32.7 Å². The van der Waals surface area contributed by atoms with Gasteiger partial charge in [0.15, 0.2) is 0 Å². The maximum atomic E-state index is 11.0. The molecule has 4 aromatic carbocycles. The summed E-state index contributed by atoms with van der Waals surface area (Å²) < 4.78 is 0. The molecular weight excluding hydrogens is 512 g/mol. The average Bonchev–Trinajstić information content (AvgIpc) is 2.99. The van der Waals surface area contributed by atoms with Crippen LogP contribution >= 0.6 is 0 Å². The van der Waals surface area contributed by atoms with Crippen molar-refractivity contribution in [2.24, 2.45) is 0 Å². The summed E-state index contributed by atoms with van der Waals surface area (Å²) in [4.78, 5) is 0. The van der Waals surface area contributed by atoms with Crippen molar-refractivity contribution >= 4 is 21.5 Å². The molecule has 0 saturated carbocycles. The standard InChI is InChI=1S/C40H54O2/c1-3-5-7-9-11-13-15-17-19-31-21-23-33-27-37(39(41)29-35(33)25-31)38-28-34-24-22-32(26-36(34)30-40(38)42)20-18-16-14-12-10-8-6-4-2/h21-30,41-42H,3-20H2,1-2H3. The van der Waals surface area contributed by atoms with Crippen LogP contribution in [-0.4, -0.2) is 10.2 Å². The Bertz CT molecular complexity index is 1280. The predicted octanol–water partition coefficient (Wildman–Crippen LogP) is 12.4. The Kier molecular flexibility index (Phi) is 13.1. The number of aromatic hydroxyl groups is 2. The highest BCUT2D eigenvalue weighted by molar-refractivity contribution is 5.96. The summed E-state index contributed by atoms with van der Waals surface area (Å²) in [6, 6.07) is 20.9. The van der Waals surface area contributed by atoms with Gasteiger partial charge in [0, 0.05) is 11.1 Å². The Morgan fingerprint density at radius 3 is 1.12 bits per heavy atom. The van der Waals surface area contributed by atoms with Crippen molar-refractivity contribution in [3.63, 3.8) is 0 Å². The van der Waals surface area contributed by atoms with Gasteiger partial charge in [0.25, 0.3) is 0 Å². The van der Waals surface area contributed by atoms with Gasteiger partial charge >= 0.3 is 0 Å². The van der Waals surface area contributed by atoms with Gasteiger partial charge in [-0.25, -0.2) is 0 Å². The second-order valence-corrected chi connectivity index (χ2v) is 12.6. The van der Waals surface area contributed by atoms with Crippen LogP contribution in [0.3, 0.4) is 0 Å². The van der Waals surface area contributed by atoms with Crippen molar-refractivity contribution in [3.8, 4) is 22.6 Å². The van der Waals surface area contributed by atoms with Gasteiger partial charge in [0.2, 0.25) is 0 Å². The van der Waals surface area contributed by atoms with Gasteiger partial charge in [-0.3, -0.25) is 0 Å². The van der Waals surface area contributed by atoms with Crippen molar-refractivity contribution < 1.29 is 10.2 Å². The average molecular weight is 567 g/mol. The molecule has 0 bridgehead atoms. The molecule has 0 saturated heterocycles. The number of benzene rings is 4. The molecule has 0 aliphatic heterocycles. The first kappa shape index (κ1) is 31.9. The molecule has 0 spiro atoms. The smallest absolute Gasteiger partial charge is 0.124 e. The van der Waals surface area contributed by atoms with Gasteiger partial charge in [-0.05, 0) is 82.6 Å². The molecule has 0 radical (unpaired) electrons. The first-order valence-corrected chi connectivity index (χ1v) is 17.1. The third-order valence-corrected chi connectivity index (χ3v) is 8.97. The molecule has 2 N–H and O–H groups in total. The fraction of sp³-hybridized carbons (Fsp3) is 0.500. The number of hydrogen-bond acceptors (Lipinski definition) is 2. The Balaban J connectivity index is 1.36. The monoisotopic (exact) mass is 566 g/mol. The highest BCUT2D eigenvalue weighted by Gasteiger charge is 2.13. The fourth-order valence-corrected chi connectivity index (χ4v) is 6.34. The molecule has 0 aliphatic rings.